The quantitative estimate of drug-likeness (QED) is 0.668. The molecule has 1 saturated carbocycles. The van der Waals surface area contributed by atoms with Gasteiger partial charge in [-0.1, -0.05) is 11.6 Å². The zero-order valence-electron chi connectivity index (χ0n) is 14.7. The second-order valence-corrected chi connectivity index (χ2v) is 7.69. The molecular formula is C19H14ClF3N4O. The lowest BCUT2D eigenvalue weighted by atomic mass is 10.0. The molecule has 1 aliphatic heterocycles. The molecule has 0 atom stereocenters. The van der Waals surface area contributed by atoms with Crippen LogP contribution in [0.25, 0.3) is 16.9 Å². The molecule has 0 bridgehead atoms. The number of hydrogen-bond acceptors (Lipinski definition) is 3. The van der Waals surface area contributed by atoms with Gasteiger partial charge >= 0.3 is 6.18 Å². The van der Waals surface area contributed by atoms with Crippen LogP contribution in [0.1, 0.15) is 41.3 Å². The van der Waals surface area contributed by atoms with Gasteiger partial charge in [-0.25, -0.2) is 9.50 Å². The molecular weight excluding hydrogens is 393 g/mol. The summed E-state index contributed by atoms with van der Waals surface area (Å²) in [6, 6.07) is 4.10. The van der Waals surface area contributed by atoms with Crippen LogP contribution in [0.4, 0.5) is 18.9 Å². The molecule has 1 aromatic carbocycles. The Labute approximate surface area is 162 Å². The summed E-state index contributed by atoms with van der Waals surface area (Å²) in [5.41, 5.74) is 1.15. The SMILES string of the molecule is Cc1cc(C(F)(F)F)c(-c2cc(Cl)c3c(c2)CC(=O)N3)n2nc(C3CC3)nc12. The summed E-state index contributed by atoms with van der Waals surface area (Å²) < 4.78 is 43.0. The molecule has 5 rings (SSSR count). The van der Waals surface area contributed by atoms with E-state index in [2.05, 4.69) is 15.4 Å². The van der Waals surface area contributed by atoms with E-state index in [1.165, 1.54) is 10.6 Å². The highest BCUT2D eigenvalue weighted by molar-refractivity contribution is 6.34. The Hall–Kier alpha value is -2.61. The minimum absolute atomic E-state index is 0.0733. The van der Waals surface area contributed by atoms with Crippen LogP contribution in [0.3, 0.4) is 0 Å². The summed E-state index contributed by atoms with van der Waals surface area (Å²) in [7, 11) is 0. The average Bonchev–Trinajstić information content (AvgIpc) is 3.23. The highest BCUT2D eigenvalue weighted by Crippen LogP contribution is 2.43. The summed E-state index contributed by atoms with van der Waals surface area (Å²) in [4.78, 5) is 16.2. The van der Waals surface area contributed by atoms with Crippen molar-refractivity contribution < 1.29 is 18.0 Å². The standard InChI is InChI=1S/C19H14ClF3N4O/c1-8-4-12(19(21,22)23)16(27-18(8)25-17(26-27)9-2-3-9)11-5-10-7-14(28)24-15(10)13(20)6-11/h4-6,9H,2-3,7H2,1H3,(H,24,28). The van der Waals surface area contributed by atoms with Gasteiger partial charge in [0.1, 0.15) is 0 Å². The molecule has 1 amide bonds. The minimum atomic E-state index is -4.58. The lowest BCUT2D eigenvalue weighted by Crippen LogP contribution is -2.12. The molecule has 3 aromatic rings. The summed E-state index contributed by atoms with van der Waals surface area (Å²) in [5.74, 6) is 0.524. The first-order valence-corrected chi connectivity index (χ1v) is 9.20. The van der Waals surface area contributed by atoms with Crippen LogP contribution < -0.4 is 5.32 Å². The number of hydrogen-bond donors (Lipinski definition) is 1. The van der Waals surface area contributed by atoms with Crippen molar-refractivity contribution in [1.29, 1.82) is 0 Å². The molecule has 1 fully saturated rings. The highest BCUT2D eigenvalue weighted by Gasteiger charge is 2.38. The number of pyridine rings is 1. The number of halogens is 4. The highest BCUT2D eigenvalue weighted by atomic mass is 35.5. The van der Waals surface area contributed by atoms with Gasteiger partial charge in [0.15, 0.2) is 11.5 Å². The molecule has 1 N–H and O–H groups in total. The van der Waals surface area contributed by atoms with Gasteiger partial charge in [0.25, 0.3) is 0 Å². The number of carbonyl (C=O) groups is 1. The number of rotatable bonds is 2. The van der Waals surface area contributed by atoms with Crippen molar-refractivity contribution in [3.8, 4) is 11.3 Å². The van der Waals surface area contributed by atoms with Gasteiger partial charge in [-0.05, 0) is 49.1 Å². The second-order valence-electron chi connectivity index (χ2n) is 7.28. The van der Waals surface area contributed by atoms with Crippen LogP contribution in [0.5, 0.6) is 0 Å². The fraction of sp³-hybridized carbons (Fsp3) is 0.316. The van der Waals surface area contributed by atoms with Crippen molar-refractivity contribution in [2.75, 3.05) is 5.32 Å². The van der Waals surface area contributed by atoms with Crippen LogP contribution >= 0.6 is 11.6 Å². The molecule has 0 spiro atoms. The van der Waals surface area contributed by atoms with Gasteiger partial charge in [0, 0.05) is 11.5 Å². The predicted octanol–water partition coefficient (Wildman–Crippen LogP) is 4.75. The number of benzene rings is 1. The van der Waals surface area contributed by atoms with Gasteiger partial charge in [-0.2, -0.15) is 18.3 Å². The molecule has 0 unspecified atom stereocenters. The van der Waals surface area contributed by atoms with Crippen molar-refractivity contribution in [2.45, 2.75) is 38.3 Å². The Morgan fingerprint density at radius 2 is 2.00 bits per heavy atom. The van der Waals surface area contributed by atoms with Crippen LogP contribution in [0.2, 0.25) is 5.02 Å². The number of aryl methyl sites for hydroxylation is 1. The van der Waals surface area contributed by atoms with Crippen molar-refractivity contribution in [3.05, 3.63) is 45.7 Å². The smallest absolute Gasteiger partial charge is 0.324 e. The van der Waals surface area contributed by atoms with E-state index >= 15 is 0 Å². The first-order valence-electron chi connectivity index (χ1n) is 8.82. The maximum atomic E-state index is 13.9. The monoisotopic (exact) mass is 406 g/mol. The number of carbonyl (C=O) groups excluding carboxylic acids is 1. The first kappa shape index (κ1) is 17.5. The Kier molecular flexibility index (Phi) is 3.56. The summed E-state index contributed by atoms with van der Waals surface area (Å²) >= 11 is 6.26. The largest absolute Gasteiger partial charge is 0.418 e. The van der Waals surface area contributed by atoms with Crippen molar-refractivity contribution in [1.82, 2.24) is 14.6 Å². The van der Waals surface area contributed by atoms with Gasteiger partial charge in [0.05, 0.1) is 28.4 Å². The second kappa shape index (κ2) is 5.70. The normalized spacial score (nSPS) is 16.5. The first-order chi connectivity index (χ1) is 13.2. The van der Waals surface area contributed by atoms with Crippen molar-refractivity contribution >= 4 is 28.8 Å². The number of amides is 1. The van der Waals surface area contributed by atoms with E-state index in [1.807, 2.05) is 0 Å². The fourth-order valence-electron chi connectivity index (χ4n) is 3.65. The van der Waals surface area contributed by atoms with Crippen LogP contribution in [0.15, 0.2) is 18.2 Å². The third-order valence-electron chi connectivity index (χ3n) is 5.11. The molecule has 1 aliphatic carbocycles. The number of anilines is 1. The molecule has 5 nitrogen and oxygen atoms in total. The molecule has 2 aromatic heterocycles. The number of nitrogens with one attached hydrogen (secondary N) is 1. The van der Waals surface area contributed by atoms with E-state index in [9.17, 15) is 18.0 Å². The van der Waals surface area contributed by atoms with Gasteiger partial charge < -0.3 is 5.32 Å². The van der Waals surface area contributed by atoms with Crippen LogP contribution in [0, 0.1) is 6.92 Å². The number of alkyl halides is 3. The lowest BCUT2D eigenvalue weighted by molar-refractivity contribution is -0.137. The molecule has 2 aliphatic rings. The van der Waals surface area contributed by atoms with E-state index in [0.29, 0.717) is 28.3 Å². The molecule has 9 heteroatoms. The summed E-state index contributed by atoms with van der Waals surface area (Å²) in [6.07, 6.45) is -2.63. The number of aromatic nitrogens is 3. The molecule has 144 valence electrons. The molecule has 0 radical (unpaired) electrons. The van der Waals surface area contributed by atoms with Gasteiger partial charge in [-0.15, -0.1) is 0 Å². The molecule has 3 heterocycles. The average molecular weight is 407 g/mol. The van der Waals surface area contributed by atoms with Gasteiger partial charge in [0.2, 0.25) is 5.91 Å². The Bertz CT molecular complexity index is 1160. The van der Waals surface area contributed by atoms with Gasteiger partial charge in [-0.3, -0.25) is 4.79 Å². The third-order valence-corrected chi connectivity index (χ3v) is 5.41. The van der Waals surface area contributed by atoms with E-state index in [0.717, 1.165) is 18.9 Å². The Morgan fingerprint density at radius 1 is 1.25 bits per heavy atom. The Morgan fingerprint density at radius 3 is 2.68 bits per heavy atom. The maximum absolute atomic E-state index is 13.9. The van der Waals surface area contributed by atoms with Crippen molar-refractivity contribution in [2.24, 2.45) is 0 Å². The molecule has 0 saturated heterocycles. The van der Waals surface area contributed by atoms with E-state index in [4.69, 9.17) is 11.6 Å². The van der Waals surface area contributed by atoms with Crippen LogP contribution in [-0.4, -0.2) is 20.5 Å². The predicted molar refractivity (Wildman–Crippen MR) is 97.5 cm³/mol. The fourth-order valence-corrected chi connectivity index (χ4v) is 3.93. The number of nitrogens with zero attached hydrogens (tertiary/aromatic N) is 3. The van der Waals surface area contributed by atoms with Crippen molar-refractivity contribution in [3.63, 3.8) is 0 Å². The van der Waals surface area contributed by atoms with E-state index in [1.54, 1.807) is 13.0 Å². The zero-order valence-corrected chi connectivity index (χ0v) is 15.4. The number of fused-ring (bicyclic) bond motifs is 2. The van der Waals surface area contributed by atoms with E-state index in [-0.39, 0.29) is 34.5 Å². The Balaban J connectivity index is 1.83. The zero-order chi connectivity index (χ0) is 19.8. The van der Waals surface area contributed by atoms with Crippen LogP contribution in [-0.2, 0) is 17.4 Å². The minimum Gasteiger partial charge on any atom is -0.324 e. The maximum Gasteiger partial charge on any atom is 0.418 e. The lowest BCUT2D eigenvalue weighted by Gasteiger charge is -2.16. The topological polar surface area (TPSA) is 59.3 Å². The summed E-state index contributed by atoms with van der Waals surface area (Å²) in [5, 5.41) is 7.24. The van der Waals surface area contributed by atoms with E-state index < -0.39 is 11.7 Å². The molecule has 28 heavy (non-hydrogen) atoms. The summed E-state index contributed by atoms with van der Waals surface area (Å²) in [6.45, 7) is 1.60. The third kappa shape index (κ3) is 2.66.